The number of nitrogens with zero attached hydrogens (tertiary/aromatic N) is 8. The average molecular weight is 1090 g/mol. The van der Waals surface area contributed by atoms with Crippen molar-refractivity contribution < 1.29 is 24.3 Å². The van der Waals surface area contributed by atoms with E-state index in [-0.39, 0.29) is 35.2 Å². The van der Waals surface area contributed by atoms with Crippen molar-refractivity contribution in [1.29, 1.82) is 10.5 Å². The van der Waals surface area contributed by atoms with Crippen molar-refractivity contribution in [1.82, 2.24) is 55.8 Å². The van der Waals surface area contributed by atoms with E-state index in [2.05, 4.69) is 66.5 Å². The molecule has 2 aliphatic carbocycles. The summed E-state index contributed by atoms with van der Waals surface area (Å²) in [5.74, 6) is -0.905. The Morgan fingerprint density at radius 1 is 0.556 bits per heavy atom. The molecule has 0 aliphatic heterocycles. The van der Waals surface area contributed by atoms with Crippen LogP contribution in [0.15, 0.2) is 147 Å². The first-order valence-electron chi connectivity index (χ1n) is 26.7. The summed E-state index contributed by atoms with van der Waals surface area (Å²) in [6.07, 6.45) is 20.5. The van der Waals surface area contributed by atoms with Crippen LogP contribution in [-0.4, -0.2) is 82.0 Å². The van der Waals surface area contributed by atoms with Gasteiger partial charge >= 0.3 is 18.0 Å². The van der Waals surface area contributed by atoms with Gasteiger partial charge in [-0.3, -0.25) is 4.79 Å². The molecule has 8 aromatic rings. The lowest BCUT2D eigenvalue weighted by atomic mass is 9.79. The molecule has 4 heterocycles. The van der Waals surface area contributed by atoms with E-state index >= 15 is 0 Å². The van der Waals surface area contributed by atoms with Crippen LogP contribution >= 0.6 is 0 Å². The number of carbonyl (C=O) groups is 4. The molecular formula is C60H62N16O5. The minimum Gasteiger partial charge on any atom is -0.478 e. The molecule has 0 bridgehead atoms. The fourth-order valence-corrected chi connectivity index (χ4v) is 9.84. The number of imidazole rings is 2. The van der Waals surface area contributed by atoms with E-state index in [0.29, 0.717) is 47.8 Å². The Kier molecular flexibility index (Phi) is 19.7. The van der Waals surface area contributed by atoms with E-state index < -0.39 is 17.0 Å². The number of hydrogen-bond acceptors (Lipinski definition) is 13. The standard InChI is InChI=1S/C30H30N8O2.C25H23N5O3.C5H9N3/c31-18-27-33-17-13-26(37-27)30(14-2-1-3-15-30)38-29(40)36-24-10-8-22(9-11-24)21-4-6-23(7-5-21)28(39)34-16-12-25-19-32-20-35-25;26-16-22-27-15-12-21(29-22)25(13-2-1-3-14-25)30-24(33)28-20-10-8-18(9-11-20)17-4-6-19(7-5-17)23(31)32;6-2-1-5-3-7-4-8-5/h4-11,13,17,19-20H,1-3,12,14-16H2,(H,32,35)(H,34,39)(H2,36,38,40);4-12,15H,1-3,13-14H2,(H,31,32)(H2,28,30,33);3-4H,1-2,6H2,(H,7,8). The topological polar surface area (TPSA) is 331 Å². The summed E-state index contributed by atoms with van der Waals surface area (Å²) < 4.78 is 0. The van der Waals surface area contributed by atoms with Gasteiger partial charge in [0.25, 0.3) is 5.91 Å². The number of rotatable bonds is 15. The molecule has 81 heavy (non-hydrogen) atoms. The fourth-order valence-electron chi connectivity index (χ4n) is 9.84. The van der Waals surface area contributed by atoms with Crippen molar-refractivity contribution in [2.45, 2.75) is 88.1 Å². The maximum Gasteiger partial charge on any atom is 0.335 e. The Balaban J connectivity index is 0.000000189. The zero-order valence-corrected chi connectivity index (χ0v) is 44.5. The summed E-state index contributed by atoms with van der Waals surface area (Å²) in [6, 6.07) is 35.7. The third-order valence-corrected chi connectivity index (χ3v) is 14.0. The van der Waals surface area contributed by atoms with Crippen molar-refractivity contribution in [3.8, 4) is 34.4 Å². The molecule has 2 saturated carbocycles. The summed E-state index contributed by atoms with van der Waals surface area (Å²) in [6.45, 7) is 1.20. The van der Waals surface area contributed by atoms with Crippen LogP contribution in [0.25, 0.3) is 22.3 Å². The molecule has 0 spiro atoms. The molecule has 21 heteroatoms. The van der Waals surface area contributed by atoms with Crippen molar-refractivity contribution >= 4 is 35.3 Å². The third kappa shape index (κ3) is 15.8. The number of aromatic nitrogens is 8. The maximum atomic E-state index is 13.0. The second-order valence-corrected chi connectivity index (χ2v) is 19.5. The van der Waals surface area contributed by atoms with Crippen LogP contribution < -0.4 is 32.3 Å². The number of carbonyl (C=O) groups excluding carboxylic acids is 3. The van der Waals surface area contributed by atoms with Crippen LogP contribution in [0.4, 0.5) is 21.0 Å². The molecule has 4 aromatic carbocycles. The number of anilines is 2. The van der Waals surface area contributed by atoms with Gasteiger partial charge in [-0.15, -0.1) is 0 Å². The first kappa shape index (κ1) is 57.1. The van der Waals surface area contributed by atoms with Crippen LogP contribution in [-0.2, 0) is 23.9 Å². The predicted molar refractivity (Wildman–Crippen MR) is 304 cm³/mol. The minimum atomic E-state index is -0.964. The minimum absolute atomic E-state index is 0.0895. The lowest BCUT2D eigenvalue weighted by molar-refractivity contribution is 0.0696. The Hall–Kier alpha value is -10.1. The molecule has 412 valence electrons. The third-order valence-electron chi connectivity index (χ3n) is 14.0. The maximum absolute atomic E-state index is 13.0. The highest BCUT2D eigenvalue weighted by Gasteiger charge is 2.38. The molecule has 2 fully saturated rings. The lowest BCUT2D eigenvalue weighted by Crippen LogP contribution is -2.49. The van der Waals surface area contributed by atoms with Gasteiger partial charge in [0.05, 0.1) is 40.7 Å². The molecule has 0 atom stereocenters. The Morgan fingerprint density at radius 2 is 0.963 bits per heavy atom. The molecular weight excluding hydrogens is 1020 g/mol. The highest BCUT2D eigenvalue weighted by Crippen LogP contribution is 2.38. The molecule has 10 N–H and O–H groups in total. The fraction of sp³-hybridized carbons (Fsp3) is 0.267. The number of benzene rings is 4. The summed E-state index contributed by atoms with van der Waals surface area (Å²) >= 11 is 0. The smallest absolute Gasteiger partial charge is 0.335 e. The average Bonchev–Trinajstić information content (AvgIpc) is 4.26. The number of nitrogens with one attached hydrogen (secondary N) is 7. The molecule has 0 radical (unpaired) electrons. The number of aromatic amines is 2. The SMILES string of the molecule is N#Cc1nccc(C2(NC(=O)Nc3ccc(-c4ccc(C(=O)NCCc5cnc[nH]5)cc4)cc3)CCCCC2)n1.N#Cc1nccc(C2(NC(=O)Nc3ccc(-c4ccc(C(=O)O)cc4)cc3)CCCCC2)n1.NCCc1cnc[nH]1. The van der Waals surface area contributed by atoms with Gasteiger partial charge in [0.15, 0.2) is 0 Å². The number of nitriles is 2. The molecule has 21 nitrogen and oxygen atoms in total. The van der Waals surface area contributed by atoms with Gasteiger partial charge in [-0.1, -0.05) is 87.1 Å². The van der Waals surface area contributed by atoms with Crippen LogP contribution in [0.2, 0.25) is 0 Å². The molecule has 4 aromatic heterocycles. The van der Waals surface area contributed by atoms with Crippen molar-refractivity contribution in [3.63, 3.8) is 0 Å². The van der Waals surface area contributed by atoms with E-state index in [1.807, 2.05) is 60.7 Å². The molecule has 5 amide bonds. The second-order valence-electron chi connectivity index (χ2n) is 19.5. The number of amides is 5. The zero-order valence-electron chi connectivity index (χ0n) is 44.5. The van der Waals surface area contributed by atoms with Gasteiger partial charge in [-0.05, 0) is 115 Å². The molecule has 0 saturated heterocycles. The molecule has 10 rings (SSSR count). The highest BCUT2D eigenvalue weighted by molar-refractivity contribution is 5.95. The first-order chi connectivity index (χ1) is 39.5. The van der Waals surface area contributed by atoms with Gasteiger partial charge in [-0.25, -0.2) is 44.3 Å². The lowest BCUT2D eigenvalue weighted by Gasteiger charge is -2.37. The van der Waals surface area contributed by atoms with Crippen LogP contribution in [0.3, 0.4) is 0 Å². The number of carboxylic acid groups (broad SMARTS) is 1. The quantitative estimate of drug-likeness (QED) is 0.0462. The number of nitrogens with two attached hydrogens (primary N) is 1. The Bertz CT molecular complexity index is 3420. The monoisotopic (exact) mass is 1090 g/mol. The van der Waals surface area contributed by atoms with E-state index in [1.54, 1.807) is 98.1 Å². The second kappa shape index (κ2) is 28.0. The predicted octanol–water partition coefficient (Wildman–Crippen LogP) is 9.30. The number of aromatic carboxylic acids is 1. The van der Waals surface area contributed by atoms with E-state index in [1.165, 1.54) is 0 Å². The molecule has 2 aliphatic rings. The first-order valence-corrected chi connectivity index (χ1v) is 26.7. The van der Waals surface area contributed by atoms with Crippen molar-refractivity contribution in [3.05, 3.63) is 192 Å². The zero-order chi connectivity index (χ0) is 56.9. The van der Waals surface area contributed by atoms with Crippen LogP contribution in [0.5, 0.6) is 0 Å². The van der Waals surface area contributed by atoms with E-state index in [9.17, 15) is 24.4 Å². The number of hydrogen-bond donors (Lipinski definition) is 9. The van der Waals surface area contributed by atoms with Crippen LogP contribution in [0, 0.1) is 22.7 Å². The van der Waals surface area contributed by atoms with Crippen LogP contribution in [0.1, 0.15) is 119 Å². The van der Waals surface area contributed by atoms with Crippen molar-refractivity contribution in [2.24, 2.45) is 5.73 Å². The van der Waals surface area contributed by atoms with E-state index in [0.717, 1.165) is 104 Å². The van der Waals surface area contributed by atoms with Gasteiger partial charge in [0.2, 0.25) is 11.6 Å². The van der Waals surface area contributed by atoms with Gasteiger partial charge in [0.1, 0.15) is 12.1 Å². The Labute approximate surface area is 468 Å². The largest absolute Gasteiger partial charge is 0.478 e. The molecule has 0 unspecified atom stereocenters. The Morgan fingerprint density at radius 3 is 1.35 bits per heavy atom. The summed E-state index contributed by atoms with van der Waals surface area (Å²) in [5.41, 5.74) is 13.2. The normalized spacial score (nSPS) is 13.9. The highest BCUT2D eigenvalue weighted by atomic mass is 16.4. The summed E-state index contributed by atoms with van der Waals surface area (Å²) in [5, 5.41) is 42.4. The summed E-state index contributed by atoms with van der Waals surface area (Å²) in [4.78, 5) is 79.8. The van der Waals surface area contributed by atoms with Gasteiger partial charge in [-0.2, -0.15) is 10.5 Å². The van der Waals surface area contributed by atoms with Gasteiger partial charge < -0.3 is 47.4 Å². The number of H-pyrrole nitrogens is 2. The summed E-state index contributed by atoms with van der Waals surface area (Å²) in [7, 11) is 0. The number of carboxylic acids is 1. The van der Waals surface area contributed by atoms with Gasteiger partial charge in [0, 0.05) is 72.5 Å². The van der Waals surface area contributed by atoms with Crippen molar-refractivity contribution in [2.75, 3.05) is 23.7 Å². The van der Waals surface area contributed by atoms with E-state index in [4.69, 9.17) is 16.1 Å². The number of urea groups is 2.